The average molecular weight is 263 g/mol. The first-order valence-electron chi connectivity index (χ1n) is 7.32. The summed E-state index contributed by atoms with van der Waals surface area (Å²) in [7, 11) is 1.64. The van der Waals surface area contributed by atoms with Crippen LogP contribution in [0.4, 0.5) is 0 Å². The zero-order chi connectivity index (χ0) is 13.5. The largest absolute Gasteiger partial charge is 0.497 e. The second-order valence-electron chi connectivity index (χ2n) is 5.44. The second kappa shape index (κ2) is 7.51. The van der Waals surface area contributed by atoms with E-state index in [0.717, 1.165) is 23.8 Å². The molecule has 0 amide bonds. The molecule has 19 heavy (non-hydrogen) atoms. The lowest BCUT2D eigenvalue weighted by Crippen LogP contribution is -2.23. The molecule has 1 atom stereocenters. The third kappa shape index (κ3) is 4.51. The molecule has 106 valence electrons. The first-order chi connectivity index (χ1) is 9.29. The summed E-state index contributed by atoms with van der Waals surface area (Å²) in [6.07, 6.45) is 6.36. The zero-order valence-electron chi connectivity index (χ0n) is 11.8. The minimum atomic E-state index is -0.460. The summed E-state index contributed by atoms with van der Waals surface area (Å²) in [4.78, 5) is 0. The van der Waals surface area contributed by atoms with Crippen LogP contribution >= 0.6 is 0 Å². The molecule has 2 N–H and O–H groups in total. The molecule has 0 aromatic heterocycles. The molecule has 2 rings (SSSR count). The molecule has 1 aliphatic carbocycles. The molecule has 1 saturated carbocycles. The van der Waals surface area contributed by atoms with Crippen molar-refractivity contribution < 1.29 is 9.84 Å². The quantitative estimate of drug-likeness (QED) is 0.743. The predicted octanol–water partition coefficient (Wildman–Crippen LogP) is 2.90. The van der Waals surface area contributed by atoms with Gasteiger partial charge in [-0.15, -0.1) is 0 Å². The smallest absolute Gasteiger partial charge is 0.119 e. The van der Waals surface area contributed by atoms with E-state index in [1.54, 1.807) is 7.11 Å². The lowest BCUT2D eigenvalue weighted by molar-refractivity contribution is 0.173. The van der Waals surface area contributed by atoms with E-state index in [1.165, 1.54) is 32.1 Å². The Kier molecular flexibility index (Phi) is 5.67. The van der Waals surface area contributed by atoms with Crippen molar-refractivity contribution in [3.63, 3.8) is 0 Å². The van der Waals surface area contributed by atoms with E-state index in [-0.39, 0.29) is 0 Å². The number of hydrogen-bond acceptors (Lipinski definition) is 3. The fourth-order valence-corrected chi connectivity index (χ4v) is 2.81. The fourth-order valence-electron chi connectivity index (χ4n) is 2.81. The highest BCUT2D eigenvalue weighted by Crippen LogP contribution is 2.27. The van der Waals surface area contributed by atoms with Crippen LogP contribution in [0, 0.1) is 5.92 Å². The number of methoxy groups -OCH3 is 1. The van der Waals surface area contributed by atoms with Crippen LogP contribution < -0.4 is 10.1 Å². The SMILES string of the molecule is COc1cccc(C(O)CNCCC2CCCC2)c1. The summed E-state index contributed by atoms with van der Waals surface area (Å²) in [6, 6.07) is 7.63. The van der Waals surface area contributed by atoms with Crippen LogP contribution in [0.2, 0.25) is 0 Å². The van der Waals surface area contributed by atoms with Gasteiger partial charge in [-0.3, -0.25) is 0 Å². The Labute approximate surface area is 116 Å². The Bertz CT molecular complexity index is 375. The fraction of sp³-hybridized carbons (Fsp3) is 0.625. The van der Waals surface area contributed by atoms with E-state index in [2.05, 4.69) is 5.32 Å². The van der Waals surface area contributed by atoms with Crippen molar-refractivity contribution in [3.8, 4) is 5.75 Å². The van der Waals surface area contributed by atoms with Crippen LogP contribution in [-0.4, -0.2) is 25.3 Å². The summed E-state index contributed by atoms with van der Waals surface area (Å²) in [5.41, 5.74) is 0.910. The monoisotopic (exact) mass is 263 g/mol. The minimum absolute atomic E-state index is 0.460. The maximum Gasteiger partial charge on any atom is 0.119 e. The Balaban J connectivity index is 1.69. The Morgan fingerprint density at radius 1 is 1.37 bits per heavy atom. The molecule has 0 radical (unpaired) electrons. The Hall–Kier alpha value is -1.06. The number of benzene rings is 1. The zero-order valence-corrected chi connectivity index (χ0v) is 11.8. The van der Waals surface area contributed by atoms with Gasteiger partial charge in [-0.05, 0) is 36.6 Å². The number of nitrogens with one attached hydrogen (secondary N) is 1. The van der Waals surface area contributed by atoms with Crippen LogP contribution in [-0.2, 0) is 0 Å². The molecule has 1 aromatic carbocycles. The summed E-state index contributed by atoms with van der Waals surface area (Å²) in [5, 5.41) is 13.5. The molecule has 3 nitrogen and oxygen atoms in total. The number of hydrogen-bond donors (Lipinski definition) is 2. The normalized spacial score (nSPS) is 17.6. The third-order valence-corrected chi connectivity index (χ3v) is 4.02. The van der Waals surface area contributed by atoms with E-state index < -0.39 is 6.10 Å². The van der Waals surface area contributed by atoms with Crippen molar-refractivity contribution in [2.24, 2.45) is 5.92 Å². The molecular formula is C16H25NO2. The van der Waals surface area contributed by atoms with E-state index in [9.17, 15) is 5.11 Å². The van der Waals surface area contributed by atoms with Crippen LogP contribution in [0.25, 0.3) is 0 Å². The number of ether oxygens (including phenoxy) is 1. The lowest BCUT2D eigenvalue weighted by atomic mass is 10.0. The van der Waals surface area contributed by atoms with Gasteiger partial charge in [0.05, 0.1) is 13.2 Å². The Morgan fingerprint density at radius 3 is 2.89 bits per heavy atom. The van der Waals surface area contributed by atoms with Crippen molar-refractivity contribution in [2.45, 2.75) is 38.2 Å². The molecule has 0 heterocycles. The van der Waals surface area contributed by atoms with Gasteiger partial charge in [-0.25, -0.2) is 0 Å². The van der Waals surface area contributed by atoms with Crippen LogP contribution in [0.5, 0.6) is 5.75 Å². The van der Waals surface area contributed by atoms with Crippen molar-refractivity contribution in [1.82, 2.24) is 5.32 Å². The van der Waals surface area contributed by atoms with Gasteiger partial charge in [-0.2, -0.15) is 0 Å². The molecular weight excluding hydrogens is 238 g/mol. The standard InChI is InChI=1S/C16H25NO2/c1-19-15-8-4-7-14(11-15)16(18)12-17-10-9-13-5-2-3-6-13/h4,7-8,11,13,16-18H,2-3,5-6,9-10,12H2,1H3. The van der Waals surface area contributed by atoms with Gasteiger partial charge in [0.1, 0.15) is 5.75 Å². The topological polar surface area (TPSA) is 41.5 Å². The number of aliphatic hydroxyl groups excluding tert-OH is 1. The first-order valence-corrected chi connectivity index (χ1v) is 7.32. The van der Waals surface area contributed by atoms with E-state index in [0.29, 0.717) is 6.54 Å². The molecule has 0 spiro atoms. The summed E-state index contributed by atoms with van der Waals surface area (Å²) in [5.74, 6) is 1.70. The van der Waals surface area contributed by atoms with Crippen molar-refractivity contribution in [3.05, 3.63) is 29.8 Å². The van der Waals surface area contributed by atoms with Gasteiger partial charge >= 0.3 is 0 Å². The second-order valence-corrected chi connectivity index (χ2v) is 5.44. The maximum atomic E-state index is 10.1. The summed E-state index contributed by atoms with van der Waals surface area (Å²) < 4.78 is 5.17. The Morgan fingerprint density at radius 2 is 2.16 bits per heavy atom. The van der Waals surface area contributed by atoms with Gasteiger partial charge in [0.15, 0.2) is 0 Å². The predicted molar refractivity (Wildman–Crippen MR) is 77.4 cm³/mol. The molecule has 1 fully saturated rings. The molecule has 1 aromatic rings. The first kappa shape index (κ1) is 14.4. The molecule has 1 aliphatic rings. The van der Waals surface area contributed by atoms with Gasteiger partial charge in [0, 0.05) is 6.54 Å². The highest BCUT2D eigenvalue weighted by Gasteiger charge is 2.14. The van der Waals surface area contributed by atoms with Gasteiger partial charge < -0.3 is 15.2 Å². The molecule has 3 heteroatoms. The molecule has 1 unspecified atom stereocenters. The van der Waals surface area contributed by atoms with E-state index in [1.807, 2.05) is 24.3 Å². The molecule has 0 bridgehead atoms. The van der Waals surface area contributed by atoms with Crippen molar-refractivity contribution >= 4 is 0 Å². The molecule has 0 aliphatic heterocycles. The van der Waals surface area contributed by atoms with Gasteiger partial charge in [-0.1, -0.05) is 37.8 Å². The van der Waals surface area contributed by atoms with E-state index >= 15 is 0 Å². The van der Waals surface area contributed by atoms with Crippen molar-refractivity contribution in [2.75, 3.05) is 20.2 Å². The van der Waals surface area contributed by atoms with Gasteiger partial charge in [0.2, 0.25) is 0 Å². The van der Waals surface area contributed by atoms with Gasteiger partial charge in [0.25, 0.3) is 0 Å². The van der Waals surface area contributed by atoms with Crippen molar-refractivity contribution in [1.29, 1.82) is 0 Å². The average Bonchev–Trinajstić information content (AvgIpc) is 2.96. The highest BCUT2D eigenvalue weighted by atomic mass is 16.5. The highest BCUT2D eigenvalue weighted by molar-refractivity contribution is 5.29. The third-order valence-electron chi connectivity index (χ3n) is 4.02. The van der Waals surface area contributed by atoms with Crippen LogP contribution in [0.1, 0.15) is 43.8 Å². The minimum Gasteiger partial charge on any atom is -0.497 e. The maximum absolute atomic E-state index is 10.1. The lowest BCUT2D eigenvalue weighted by Gasteiger charge is -2.14. The number of aliphatic hydroxyl groups is 1. The van der Waals surface area contributed by atoms with Crippen LogP contribution in [0.3, 0.4) is 0 Å². The summed E-state index contributed by atoms with van der Waals surface area (Å²) in [6.45, 7) is 1.62. The summed E-state index contributed by atoms with van der Waals surface area (Å²) >= 11 is 0. The molecule has 0 saturated heterocycles. The van der Waals surface area contributed by atoms with Crippen LogP contribution in [0.15, 0.2) is 24.3 Å². The number of rotatable bonds is 7. The van der Waals surface area contributed by atoms with E-state index in [4.69, 9.17) is 4.74 Å².